The van der Waals surface area contributed by atoms with Crippen molar-refractivity contribution in [3.63, 3.8) is 0 Å². The first-order chi connectivity index (χ1) is 16.8. The Kier molecular flexibility index (Phi) is 8.83. The fourth-order valence-electron chi connectivity index (χ4n) is 4.64. The molecule has 3 rings (SSSR count). The third-order valence-electron chi connectivity index (χ3n) is 6.69. The van der Waals surface area contributed by atoms with Crippen LogP contribution in [0.15, 0.2) is 29.0 Å². The number of carbonyl (C=O) groups is 1. The van der Waals surface area contributed by atoms with Crippen LogP contribution in [-0.2, 0) is 12.0 Å². The van der Waals surface area contributed by atoms with E-state index in [4.69, 9.17) is 9.40 Å². The van der Waals surface area contributed by atoms with Crippen LogP contribution in [0, 0.1) is 11.8 Å². The third-order valence-corrected chi connectivity index (χ3v) is 6.69. The number of likely N-dealkylation sites (tertiary alicyclic amines) is 1. The molecule has 8 heteroatoms. The van der Waals surface area contributed by atoms with E-state index in [0.717, 1.165) is 25.3 Å². The van der Waals surface area contributed by atoms with Crippen LogP contribution in [0.3, 0.4) is 0 Å². The molecule has 2 N–H and O–H groups in total. The minimum absolute atomic E-state index is 0.00904. The van der Waals surface area contributed by atoms with E-state index in [1.54, 1.807) is 12.5 Å². The van der Waals surface area contributed by atoms with Gasteiger partial charge in [-0.05, 0) is 51.2 Å². The lowest BCUT2D eigenvalue weighted by atomic mass is 9.89. The second-order valence-electron chi connectivity index (χ2n) is 12.5. The first-order valence-electron chi connectivity index (χ1n) is 13.1. The highest BCUT2D eigenvalue weighted by atomic mass is 16.3. The Balaban J connectivity index is 1.98. The molecular formula is C28H45N5O3. The predicted molar refractivity (Wildman–Crippen MR) is 143 cm³/mol. The van der Waals surface area contributed by atoms with E-state index in [1.165, 1.54) is 0 Å². The van der Waals surface area contributed by atoms with Gasteiger partial charge >= 0.3 is 0 Å². The summed E-state index contributed by atoms with van der Waals surface area (Å²) in [5, 5.41) is 13.4. The van der Waals surface area contributed by atoms with Crippen molar-refractivity contribution < 1.29 is 14.3 Å². The predicted octanol–water partition coefficient (Wildman–Crippen LogP) is 4.56. The van der Waals surface area contributed by atoms with E-state index in [9.17, 15) is 9.90 Å². The minimum atomic E-state index is -0.259. The highest BCUT2D eigenvalue weighted by Crippen LogP contribution is 2.29. The number of hydrogen-bond acceptors (Lipinski definition) is 7. The summed E-state index contributed by atoms with van der Waals surface area (Å²) in [6.07, 6.45) is 4.08. The fourth-order valence-corrected chi connectivity index (χ4v) is 4.64. The van der Waals surface area contributed by atoms with E-state index >= 15 is 0 Å². The molecule has 0 saturated carbocycles. The molecule has 0 aromatic carbocycles. The zero-order valence-electron chi connectivity index (χ0n) is 23.3. The van der Waals surface area contributed by atoms with Gasteiger partial charge in [0.1, 0.15) is 23.0 Å². The molecule has 1 amide bonds. The maximum atomic E-state index is 14.2. The monoisotopic (exact) mass is 499 g/mol. The maximum absolute atomic E-state index is 14.2. The maximum Gasteiger partial charge on any atom is 0.259 e. The molecular weight excluding hydrogens is 454 g/mol. The topological polar surface area (TPSA) is 94.7 Å². The molecule has 1 fully saturated rings. The van der Waals surface area contributed by atoms with Gasteiger partial charge in [-0.1, -0.05) is 34.6 Å². The Morgan fingerprint density at radius 2 is 1.97 bits per heavy atom. The molecule has 200 valence electrons. The largest absolute Gasteiger partial charge is 0.467 e. The Bertz CT molecular complexity index is 992. The highest BCUT2D eigenvalue weighted by molar-refractivity contribution is 5.98. The summed E-state index contributed by atoms with van der Waals surface area (Å²) in [6.45, 7) is 19.8. The number of carbonyl (C=O) groups excluding carboxylic acids is 1. The molecule has 0 aliphatic carbocycles. The van der Waals surface area contributed by atoms with Crippen molar-refractivity contribution in [1.29, 1.82) is 0 Å². The van der Waals surface area contributed by atoms with Crippen LogP contribution in [-0.4, -0.2) is 68.6 Å². The number of aliphatic hydroxyl groups excluding tert-OH is 1. The molecule has 8 nitrogen and oxygen atoms in total. The standard InChI is InChI=1S/C28H45N5O3/c1-19(2)15-33(21-12-20(18-34)16-32(17-21)28(6,7)8)25(35)23-14-30-26(27(3,4)5)31-24(23)29-13-22-10-9-11-36-22/h9-11,14,19-21,34H,12-13,15-18H2,1-8H3,(H,29,30,31). The van der Waals surface area contributed by atoms with Crippen LogP contribution < -0.4 is 5.32 Å². The van der Waals surface area contributed by atoms with Gasteiger partial charge in [-0.3, -0.25) is 9.69 Å². The third kappa shape index (κ3) is 7.07. The van der Waals surface area contributed by atoms with Gasteiger partial charge in [-0.15, -0.1) is 0 Å². The second kappa shape index (κ2) is 11.3. The van der Waals surface area contributed by atoms with E-state index < -0.39 is 0 Å². The average molecular weight is 500 g/mol. The Labute approximate surface area is 216 Å². The molecule has 3 heterocycles. The number of nitrogens with one attached hydrogen (secondary N) is 1. The summed E-state index contributed by atoms with van der Waals surface area (Å²) in [6, 6.07) is 3.73. The minimum Gasteiger partial charge on any atom is -0.467 e. The number of furan rings is 1. The van der Waals surface area contributed by atoms with Crippen molar-refractivity contribution in [3.8, 4) is 0 Å². The SMILES string of the molecule is CC(C)CN(C(=O)c1cnc(C(C)(C)C)nc1NCc1ccco1)C1CC(CO)CN(C(C)(C)C)C1. The molecule has 36 heavy (non-hydrogen) atoms. The number of nitrogens with zero attached hydrogens (tertiary/aromatic N) is 4. The Morgan fingerprint density at radius 1 is 1.25 bits per heavy atom. The molecule has 2 unspecified atom stereocenters. The molecule has 0 bridgehead atoms. The van der Waals surface area contributed by atoms with E-state index in [1.807, 2.05) is 17.0 Å². The normalized spacial score (nSPS) is 19.5. The van der Waals surface area contributed by atoms with Gasteiger partial charge in [-0.25, -0.2) is 9.97 Å². The van der Waals surface area contributed by atoms with Gasteiger partial charge < -0.3 is 19.7 Å². The number of anilines is 1. The van der Waals surface area contributed by atoms with Crippen molar-refractivity contribution in [2.24, 2.45) is 11.8 Å². The van der Waals surface area contributed by atoms with Crippen LogP contribution in [0.1, 0.15) is 83.8 Å². The number of amides is 1. The summed E-state index contributed by atoms with van der Waals surface area (Å²) in [5.41, 5.74) is 0.153. The Hall–Kier alpha value is -2.45. The summed E-state index contributed by atoms with van der Waals surface area (Å²) in [4.78, 5) is 27.9. The smallest absolute Gasteiger partial charge is 0.259 e. The van der Waals surface area contributed by atoms with Crippen LogP contribution in [0.25, 0.3) is 0 Å². The lowest BCUT2D eigenvalue weighted by Gasteiger charge is -2.48. The lowest BCUT2D eigenvalue weighted by molar-refractivity contribution is 0.000823. The number of aliphatic hydroxyl groups is 1. The van der Waals surface area contributed by atoms with Gasteiger partial charge in [0.2, 0.25) is 0 Å². The number of aromatic nitrogens is 2. The van der Waals surface area contributed by atoms with Crippen LogP contribution in [0.4, 0.5) is 5.82 Å². The lowest BCUT2D eigenvalue weighted by Crippen LogP contribution is -2.58. The molecule has 0 radical (unpaired) electrons. The first kappa shape index (κ1) is 28.1. The van der Waals surface area contributed by atoms with Crippen LogP contribution >= 0.6 is 0 Å². The first-order valence-corrected chi connectivity index (χ1v) is 13.1. The van der Waals surface area contributed by atoms with Crippen molar-refractivity contribution in [2.45, 2.75) is 85.4 Å². The average Bonchev–Trinajstić information content (AvgIpc) is 3.32. The number of rotatable bonds is 8. The quantitative estimate of drug-likeness (QED) is 0.550. The molecule has 2 aromatic heterocycles. The van der Waals surface area contributed by atoms with Crippen molar-refractivity contribution >= 4 is 11.7 Å². The van der Waals surface area contributed by atoms with Crippen molar-refractivity contribution in [2.75, 3.05) is 31.6 Å². The number of hydrogen-bond donors (Lipinski definition) is 2. The zero-order valence-corrected chi connectivity index (χ0v) is 23.3. The summed E-state index contributed by atoms with van der Waals surface area (Å²) >= 11 is 0. The highest BCUT2D eigenvalue weighted by Gasteiger charge is 2.38. The molecule has 2 atom stereocenters. The van der Waals surface area contributed by atoms with Crippen molar-refractivity contribution in [1.82, 2.24) is 19.8 Å². The zero-order chi connectivity index (χ0) is 26.7. The summed E-state index contributed by atoms with van der Waals surface area (Å²) in [5.74, 6) is 2.30. The van der Waals surface area contributed by atoms with Gasteiger partial charge in [0.05, 0.1) is 12.8 Å². The molecule has 1 saturated heterocycles. The summed E-state index contributed by atoms with van der Waals surface area (Å²) < 4.78 is 5.49. The molecule has 2 aromatic rings. The van der Waals surface area contributed by atoms with Crippen molar-refractivity contribution in [3.05, 3.63) is 41.7 Å². The van der Waals surface area contributed by atoms with Gasteiger partial charge in [0.25, 0.3) is 5.91 Å². The molecule has 1 aliphatic rings. The summed E-state index contributed by atoms with van der Waals surface area (Å²) in [7, 11) is 0. The number of piperidine rings is 1. The van der Waals surface area contributed by atoms with E-state index in [0.29, 0.717) is 36.2 Å². The second-order valence-corrected chi connectivity index (χ2v) is 12.5. The molecule has 0 spiro atoms. The van der Waals surface area contributed by atoms with E-state index in [-0.39, 0.29) is 35.4 Å². The molecule has 1 aliphatic heterocycles. The van der Waals surface area contributed by atoms with Crippen LogP contribution in [0.5, 0.6) is 0 Å². The fraction of sp³-hybridized carbons (Fsp3) is 0.679. The van der Waals surface area contributed by atoms with Gasteiger partial charge in [0.15, 0.2) is 0 Å². The van der Waals surface area contributed by atoms with Gasteiger partial charge in [-0.2, -0.15) is 0 Å². The Morgan fingerprint density at radius 3 is 2.53 bits per heavy atom. The van der Waals surface area contributed by atoms with E-state index in [2.05, 4.69) is 70.6 Å². The van der Waals surface area contributed by atoms with Gasteiger partial charge in [0, 0.05) is 49.4 Å². The van der Waals surface area contributed by atoms with Crippen LogP contribution in [0.2, 0.25) is 0 Å².